The van der Waals surface area contributed by atoms with E-state index in [1.54, 1.807) is 0 Å². The van der Waals surface area contributed by atoms with Gasteiger partial charge in [0.1, 0.15) is 0 Å². The number of rotatable bonds is 1. The van der Waals surface area contributed by atoms with Gasteiger partial charge in [-0.25, -0.2) is 0 Å². The molecule has 62 valence electrons. The summed E-state index contributed by atoms with van der Waals surface area (Å²) in [5, 5.41) is 6.77. The summed E-state index contributed by atoms with van der Waals surface area (Å²) >= 11 is 0. The number of aromatic amines is 1. The van der Waals surface area contributed by atoms with Crippen molar-refractivity contribution >= 4 is 5.57 Å². The molecule has 2 rings (SSSR count). The molecule has 1 aromatic rings. The van der Waals surface area contributed by atoms with E-state index in [1.165, 1.54) is 16.7 Å². The first-order valence-corrected chi connectivity index (χ1v) is 4.23. The van der Waals surface area contributed by atoms with Crippen LogP contribution in [0.1, 0.15) is 25.3 Å². The fourth-order valence-corrected chi connectivity index (χ4v) is 1.52. The highest BCUT2D eigenvalue weighted by Crippen LogP contribution is 2.24. The van der Waals surface area contributed by atoms with E-state index in [2.05, 4.69) is 29.3 Å². The first-order chi connectivity index (χ1) is 5.86. The van der Waals surface area contributed by atoms with Crippen LogP contribution in [0.15, 0.2) is 30.1 Å². The zero-order valence-electron chi connectivity index (χ0n) is 7.17. The summed E-state index contributed by atoms with van der Waals surface area (Å²) in [6.45, 7) is 2.14. The molecule has 0 saturated heterocycles. The molecule has 2 heteroatoms. The lowest BCUT2D eigenvalue weighted by atomic mass is 9.96. The monoisotopic (exact) mass is 160 g/mol. The van der Waals surface area contributed by atoms with Crippen molar-refractivity contribution in [3.63, 3.8) is 0 Å². The highest BCUT2D eigenvalue weighted by molar-refractivity contribution is 5.68. The van der Waals surface area contributed by atoms with Crippen LogP contribution in [0.3, 0.4) is 0 Å². The molecule has 1 heterocycles. The Morgan fingerprint density at radius 3 is 3.08 bits per heavy atom. The minimum absolute atomic E-state index is 1.14. The lowest BCUT2D eigenvalue weighted by Gasteiger charge is -2.08. The molecule has 0 aliphatic heterocycles. The molecule has 1 aliphatic rings. The molecule has 0 atom stereocenters. The largest absolute Gasteiger partial charge is 0.285 e. The SMILES string of the molecule is CC1=CCCC(c2cn[nH]c2)=C1. The second-order valence-corrected chi connectivity index (χ2v) is 3.14. The predicted molar refractivity (Wildman–Crippen MR) is 49.6 cm³/mol. The van der Waals surface area contributed by atoms with Crippen LogP contribution >= 0.6 is 0 Å². The average Bonchev–Trinajstić information content (AvgIpc) is 2.56. The fraction of sp³-hybridized carbons (Fsp3) is 0.300. The molecule has 1 aliphatic carbocycles. The molecule has 0 bridgehead atoms. The van der Waals surface area contributed by atoms with Gasteiger partial charge in [0.2, 0.25) is 0 Å². The third-order valence-corrected chi connectivity index (χ3v) is 2.15. The van der Waals surface area contributed by atoms with Gasteiger partial charge in [-0.3, -0.25) is 5.10 Å². The maximum absolute atomic E-state index is 3.94. The van der Waals surface area contributed by atoms with E-state index in [9.17, 15) is 0 Å². The maximum Gasteiger partial charge on any atom is 0.0562 e. The van der Waals surface area contributed by atoms with Gasteiger partial charge in [-0.15, -0.1) is 0 Å². The van der Waals surface area contributed by atoms with Crippen molar-refractivity contribution in [2.24, 2.45) is 0 Å². The molecular formula is C10H12N2. The minimum atomic E-state index is 1.14. The molecule has 1 N–H and O–H groups in total. The van der Waals surface area contributed by atoms with Crippen LogP contribution in [0.5, 0.6) is 0 Å². The molecule has 0 unspecified atom stereocenters. The van der Waals surface area contributed by atoms with Gasteiger partial charge in [0.05, 0.1) is 6.20 Å². The molecule has 0 amide bonds. The molecule has 0 aromatic carbocycles. The van der Waals surface area contributed by atoms with Gasteiger partial charge in [0.25, 0.3) is 0 Å². The van der Waals surface area contributed by atoms with E-state index in [0.717, 1.165) is 12.8 Å². The first kappa shape index (κ1) is 7.35. The molecule has 12 heavy (non-hydrogen) atoms. The Morgan fingerprint density at radius 2 is 2.42 bits per heavy atom. The van der Waals surface area contributed by atoms with Crippen molar-refractivity contribution in [1.29, 1.82) is 0 Å². The van der Waals surface area contributed by atoms with Gasteiger partial charge in [-0.05, 0) is 25.3 Å². The number of nitrogens with zero attached hydrogens (tertiary/aromatic N) is 1. The van der Waals surface area contributed by atoms with E-state index < -0.39 is 0 Å². The van der Waals surface area contributed by atoms with E-state index in [4.69, 9.17) is 0 Å². The summed E-state index contributed by atoms with van der Waals surface area (Å²) in [6.07, 6.45) is 10.6. The van der Waals surface area contributed by atoms with E-state index in [0.29, 0.717) is 0 Å². The van der Waals surface area contributed by atoms with Crippen molar-refractivity contribution in [1.82, 2.24) is 10.2 Å². The highest BCUT2D eigenvalue weighted by Gasteiger charge is 2.05. The summed E-state index contributed by atoms with van der Waals surface area (Å²) in [6, 6.07) is 0. The molecular weight excluding hydrogens is 148 g/mol. The van der Waals surface area contributed by atoms with Crippen molar-refractivity contribution < 1.29 is 0 Å². The van der Waals surface area contributed by atoms with Gasteiger partial charge in [0.15, 0.2) is 0 Å². The second-order valence-electron chi connectivity index (χ2n) is 3.14. The Hall–Kier alpha value is -1.31. The van der Waals surface area contributed by atoms with Crippen molar-refractivity contribution in [3.8, 4) is 0 Å². The minimum Gasteiger partial charge on any atom is -0.285 e. The van der Waals surface area contributed by atoms with Crippen LogP contribution in [-0.2, 0) is 0 Å². The zero-order valence-corrected chi connectivity index (χ0v) is 7.17. The lowest BCUT2D eigenvalue weighted by Crippen LogP contribution is -1.88. The Kier molecular flexibility index (Phi) is 1.82. The van der Waals surface area contributed by atoms with Crippen LogP contribution in [-0.4, -0.2) is 10.2 Å². The zero-order chi connectivity index (χ0) is 8.39. The highest BCUT2D eigenvalue weighted by atomic mass is 15.1. The van der Waals surface area contributed by atoms with Crippen molar-refractivity contribution in [3.05, 3.63) is 35.7 Å². The van der Waals surface area contributed by atoms with Gasteiger partial charge in [-0.1, -0.05) is 17.7 Å². The normalized spacial score (nSPS) is 17.1. The number of allylic oxidation sites excluding steroid dienone is 4. The Balaban J connectivity index is 2.31. The molecule has 1 aromatic heterocycles. The molecule has 0 spiro atoms. The summed E-state index contributed by atoms with van der Waals surface area (Å²) in [5.74, 6) is 0. The number of hydrogen-bond donors (Lipinski definition) is 1. The quantitative estimate of drug-likeness (QED) is 0.672. The fourth-order valence-electron chi connectivity index (χ4n) is 1.52. The Bertz CT molecular complexity index is 318. The topological polar surface area (TPSA) is 28.7 Å². The molecule has 0 saturated carbocycles. The average molecular weight is 160 g/mol. The number of aromatic nitrogens is 2. The second kappa shape index (κ2) is 2.97. The van der Waals surface area contributed by atoms with Crippen molar-refractivity contribution in [2.75, 3.05) is 0 Å². The number of hydrogen-bond acceptors (Lipinski definition) is 1. The van der Waals surface area contributed by atoms with Crippen molar-refractivity contribution in [2.45, 2.75) is 19.8 Å². The van der Waals surface area contributed by atoms with Gasteiger partial charge >= 0.3 is 0 Å². The van der Waals surface area contributed by atoms with Crippen LogP contribution in [0.2, 0.25) is 0 Å². The van der Waals surface area contributed by atoms with E-state index in [-0.39, 0.29) is 0 Å². The molecule has 0 radical (unpaired) electrons. The third kappa shape index (κ3) is 1.33. The Labute approximate surface area is 72.0 Å². The van der Waals surface area contributed by atoms with Gasteiger partial charge in [0, 0.05) is 11.8 Å². The van der Waals surface area contributed by atoms with Crippen LogP contribution < -0.4 is 0 Å². The first-order valence-electron chi connectivity index (χ1n) is 4.23. The summed E-state index contributed by atoms with van der Waals surface area (Å²) < 4.78 is 0. The van der Waals surface area contributed by atoms with Crippen LogP contribution in [0, 0.1) is 0 Å². The third-order valence-electron chi connectivity index (χ3n) is 2.15. The van der Waals surface area contributed by atoms with E-state index in [1.807, 2.05) is 12.4 Å². The standard InChI is InChI=1S/C10H12N2/c1-8-3-2-4-9(5-8)10-6-11-12-7-10/h3,5-7H,2,4H2,1H3,(H,11,12). The maximum atomic E-state index is 3.94. The van der Waals surface area contributed by atoms with Crippen LogP contribution in [0.25, 0.3) is 5.57 Å². The summed E-state index contributed by atoms with van der Waals surface area (Å²) in [7, 11) is 0. The summed E-state index contributed by atoms with van der Waals surface area (Å²) in [4.78, 5) is 0. The van der Waals surface area contributed by atoms with E-state index >= 15 is 0 Å². The number of nitrogens with one attached hydrogen (secondary N) is 1. The van der Waals surface area contributed by atoms with Crippen LogP contribution in [0.4, 0.5) is 0 Å². The smallest absolute Gasteiger partial charge is 0.0562 e. The Morgan fingerprint density at radius 1 is 1.50 bits per heavy atom. The summed E-state index contributed by atoms with van der Waals surface area (Å²) in [5.41, 5.74) is 3.98. The van der Waals surface area contributed by atoms with Gasteiger partial charge < -0.3 is 0 Å². The number of H-pyrrole nitrogens is 1. The van der Waals surface area contributed by atoms with Gasteiger partial charge in [-0.2, -0.15) is 5.10 Å². The molecule has 2 nitrogen and oxygen atoms in total. The lowest BCUT2D eigenvalue weighted by molar-refractivity contribution is 1.03. The predicted octanol–water partition coefficient (Wildman–Crippen LogP) is 2.53. The molecule has 0 fully saturated rings.